The predicted octanol–water partition coefficient (Wildman–Crippen LogP) is 5.45. The summed E-state index contributed by atoms with van der Waals surface area (Å²) in [5, 5.41) is 0. The number of alkyl halides is 3. The summed E-state index contributed by atoms with van der Waals surface area (Å²) >= 11 is 0. The van der Waals surface area contributed by atoms with E-state index in [1.807, 2.05) is 0 Å². The zero-order chi connectivity index (χ0) is 24.8. The number of hydrogen-bond donors (Lipinski definition) is 1. The van der Waals surface area contributed by atoms with E-state index >= 15 is 0 Å². The first-order valence-corrected chi connectivity index (χ1v) is 9.82. The zero-order valence-electron chi connectivity index (χ0n) is 18.4. The molecule has 0 radical (unpaired) electrons. The number of nitrogens with two attached hydrogens (primary N) is 1. The Morgan fingerprint density at radius 2 is 1.73 bits per heavy atom. The molecule has 0 aliphatic heterocycles. The fraction of sp³-hybridized carbons (Fsp3) is 0.304. The Hall–Kier alpha value is -3.69. The first kappa shape index (κ1) is 25.6. The molecule has 0 bridgehead atoms. The molecular weight excluding hydrogens is 441 g/mol. The van der Waals surface area contributed by atoms with E-state index in [2.05, 4.69) is 11.3 Å². The van der Waals surface area contributed by atoms with E-state index in [0.29, 0.717) is 11.3 Å². The van der Waals surface area contributed by atoms with Crippen molar-refractivity contribution in [1.29, 1.82) is 0 Å². The Kier molecular flexibility index (Phi) is 7.97. The van der Waals surface area contributed by atoms with Gasteiger partial charge in [0.1, 0.15) is 18.0 Å². The Morgan fingerprint density at radius 3 is 2.24 bits per heavy atom. The van der Waals surface area contributed by atoms with Crippen molar-refractivity contribution in [2.75, 3.05) is 17.2 Å². The van der Waals surface area contributed by atoms with Crippen molar-refractivity contribution in [1.82, 2.24) is 0 Å². The smallest absolute Gasteiger partial charge is 0.458 e. The number of anilines is 2. The average Bonchev–Trinajstić information content (AvgIpc) is 2.68. The molecule has 0 spiro atoms. The lowest BCUT2D eigenvalue weighted by Gasteiger charge is -2.28. The van der Waals surface area contributed by atoms with Gasteiger partial charge in [-0.05, 0) is 56.7 Å². The van der Waals surface area contributed by atoms with Crippen LogP contribution in [0.15, 0.2) is 55.1 Å². The lowest BCUT2D eigenvalue weighted by Crippen LogP contribution is -2.36. The molecule has 0 saturated heterocycles. The number of carbonyl (C=O) groups excluding carboxylic acids is 2. The zero-order valence-corrected chi connectivity index (χ0v) is 18.4. The lowest BCUT2D eigenvalue weighted by atomic mass is 10.1. The van der Waals surface area contributed by atoms with E-state index in [1.165, 1.54) is 41.3 Å². The maximum atomic E-state index is 12.9. The normalized spacial score (nSPS) is 11.5. The Bertz CT molecular complexity index is 999. The second-order valence-corrected chi connectivity index (χ2v) is 7.92. The average molecular weight is 466 g/mol. The van der Waals surface area contributed by atoms with Crippen LogP contribution in [0.2, 0.25) is 0 Å². The molecule has 0 heterocycles. The summed E-state index contributed by atoms with van der Waals surface area (Å²) in [7, 11) is 0. The predicted molar refractivity (Wildman–Crippen MR) is 117 cm³/mol. The minimum atomic E-state index is -4.81. The Labute approximate surface area is 189 Å². The van der Waals surface area contributed by atoms with Crippen molar-refractivity contribution >= 4 is 23.4 Å². The Morgan fingerprint density at radius 1 is 1.09 bits per heavy atom. The molecule has 0 aliphatic rings. The van der Waals surface area contributed by atoms with Gasteiger partial charge in [-0.3, -0.25) is 4.90 Å². The van der Waals surface area contributed by atoms with Crippen molar-refractivity contribution in [2.45, 2.75) is 39.3 Å². The summed E-state index contributed by atoms with van der Waals surface area (Å²) in [5.41, 5.74) is 6.20. The number of nitrogen functional groups attached to an aromatic ring is 1. The van der Waals surface area contributed by atoms with E-state index in [4.69, 9.17) is 15.2 Å². The van der Waals surface area contributed by atoms with Crippen LogP contribution in [0.5, 0.6) is 5.75 Å². The number of hydrogen-bond acceptors (Lipinski definition) is 6. The summed E-state index contributed by atoms with van der Waals surface area (Å²) in [6, 6.07) is 9.38. The highest BCUT2D eigenvalue weighted by atomic mass is 19.4. The van der Waals surface area contributed by atoms with Gasteiger partial charge in [-0.15, -0.1) is 13.2 Å². The molecule has 0 unspecified atom stereocenters. The maximum Gasteiger partial charge on any atom is 0.573 e. The molecule has 33 heavy (non-hydrogen) atoms. The summed E-state index contributed by atoms with van der Waals surface area (Å²) in [5.74, 6) is -1.04. The van der Waals surface area contributed by atoms with Gasteiger partial charge in [0, 0.05) is 11.4 Å². The quantitative estimate of drug-likeness (QED) is 0.331. The van der Waals surface area contributed by atoms with Crippen LogP contribution in [0.25, 0.3) is 0 Å². The van der Waals surface area contributed by atoms with Crippen LogP contribution in [0.3, 0.4) is 0 Å². The van der Waals surface area contributed by atoms with Crippen molar-refractivity contribution < 1.29 is 37.0 Å². The molecule has 2 rings (SSSR count). The van der Waals surface area contributed by atoms with Gasteiger partial charge in [0.05, 0.1) is 12.1 Å². The number of carbonyl (C=O) groups is 2. The molecule has 2 N–H and O–H groups in total. The van der Waals surface area contributed by atoms with Crippen LogP contribution in [-0.2, 0) is 16.0 Å². The van der Waals surface area contributed by atoms with Gasteiger partial charge < -0.3 is 19.9 Å². The van der Waals surface area contributed by atoms with Crippen LogP contribution in [0.1, 0.15) is 36.7 Å². The van der Waals surface area contributed by atoms with Crippen LogP contribution >= 0.6 is 0 Å². The molecule has 7 nitrogen and oxygen atoms in total. The van der Waals surface area contributed by atoms with Gasteiger partial charge in [-0.1, -0.05) is 24.8 Å². The number of amides is 1. The van der Waals surface area contributed by atoms with Gasteiger partial charge in [0.2, 0.25) is 0 Å². The van der Waals surface area contributed by atoms with Crippen molar-refractivity contribution in [3.05, 3.63) is 66.2 Å². The van der Waals surface area contributed by atoms with E-state index in [-0.39, 0.29) is 30.2 Å². The lowest BCUT2D eigenvalue weighted by molar-refractivity contribution is -0.274. The van der Waals surface area contributed by atoms with Crippen molar-refractivity contribution in [3.8, 4) is 5.75 Å². The van der Waals surface area contributed by atoms with Crippen molar-refractivity contribution in [2.24, 2.45) is 0 Å². The van der Waals surface area contributed by atoms with E-state index in [9.17, 15) is 22.8 Å². The molecule has 0 fully saturated rings. The highest BCUT2D eigenvalue weighted by Crippen LogP contribution is 2.27. The number of nitrogens with zero attached hydrogens (tertiary/aromatic N) is 1. The maximum absolute atomic E-state index is 12.9. The fourth-order valence-corrected chi connectivity index (χ4v) is 2.67. The molecule has 1 amide bonds. The van der Waals surface area contributed by atoms with E-state index < -0.39 is 24.0 Å². The van der Waals surface area contributed by atoms with Gasteiger partial charge in [0.15, 0.2) is 0 Å². The van der Waals surface area contributed by atoms with E-state index in [1.54, 1.807) is 20.8 Å². The number of halogens is 3. The molecular formula is C23H25F3N2O5. The molecule has 0 aromatic heterocycles. The van der Waals surface area contributed by atoms with Crippen molar-refractivity contribution in [3.63, 3.8) is 0 Å². The van der Waals surface area contributed by atoms with Gasteiger partial charge in [0.25, 0.3) is 0 Å². The van der Waals surface area contributed by atoms with E-state index in [0.717, 1.165) is 12.1 Å². The number of rotatable bonds is 7. The monoisotopic (exact) mass is 466 g/mol. The molecule has 10 heteroatoms. The molecule has 2 aromatic rings. The molecule has 0 atom stereocenters. The van der Waals surface area contributed by atoms with Gasteiger partial charge >= 0.3 is 18.4 Å². The summed E-state index contributed by atoms with van der Waals surface area (Å²) in [6.07, 6.45) is -4.10. The van der Waals surface area contributed by atoms with Crippen LogP contribution < -0.4 is 15.4 Å². The summed E-state index contributed by atoms with van der Waals surface area (Å²) < 4.78 is 51.5. The fourth-order valence-electron chi connectivity index (χ4n) is 2.67. The number of benzene rings is 2. The van der Waals surface area contributed by atoms with Gasteiger partial charge in [-0.25, -0.2) is 9.59 Å². The minimum absolute atomic E-state index is 0.0120. The molecule has 0 aliphatic carbocycles. The standard InChI is InChI=1S/C23H25F3N2O5/c1-5-12-31-20(29)18-11-8-16(13-19(18)27)28(21(30)33-22(2,3)4)14-15-6-9-17(10-7-15)32-23(24,25)26/h5-11,13H,1,12,14,27H2,2-4H3. The first-order valence-electron chi connectivity index (χ1n) is 9.82. The molecule has 178 valence electrons. The number of esters is 1. The second kappa shape index (κ2) is 10.3. The number of ether oxygens (including phenoxy) is 3. The largest absolute Gasteiger partial charge is 0.573 e. The van der Waals surface area contributed by atoms with Crippen LogP contribution in [0, 0.1) is 0 Å². The molecule has 0 saturated carbocycles. The first-order chi connectivity index (χ1) is 15.3. The second-order valence-electron chi connectivity index (χ2n) is 7.92. The third-order valence-corrected chi connectivity index (χ3v) is 4.01. The SMILES string of the molecule is C=CCOC(=O)c1ccc(N(Cc2ccc(OC(F)(F)F)cc2)C(=O)OC(C)(C)C)cc1N. The van der Waals surface area contributed by atoms with Gasteiger partial charge in [-0.2, -0.15) is 0 Å². The third-order valence-electron chi connectivity index (χ3n) is 4.01. The van der Waals surface area contributed by atoms with Crippen LogP contribution in [-0.4, -0.2) is 30.6 Å². The summed E-state index contributed by atoms with van der Waals surface area (Å²) in [4.78, 5) is 26.2. The minimum Gasteiger partial charge on any atom is -0.458 e. The Balaban J connectivity index is 2.33. The summed E-state index contributed by atoms with van der Waals surface area (Å²) in [6.45, 7) is 8.52. The highest BCUT2D eigenvalue weighted by molar-refractivity contribution is 5.97. The molecule has 2 aromatic carbocycles. The topological polar surface area (TPSA) is 91.1 Å². The third kappa shape index (κ3) is 8.06. The highest BCUT2D eigenvalue weighted by Gasteiger charge is 2.31. The van der Waals surface area contributed by atoms with Crippen LogP contribution in [0.4, 0.5) is 29.3 Å².